The van der Waals surface area contributed by atoms with Gasteiger partial charge in [0.25, 0.3) is 5.91 Å². The Morgan fingerprint density at radius 1 is 1.05 bits per heavy atom. The summed E-state index contributed by atoms with van der Waals surface area (Å²) in [6.07, 6.45) is 0. The fourth-order valence-corrected chi connectivity index (χ4v) is 2.35. The van der Waals surface area contributed by atoms with Crippen LogP contribution in [0.2, 0.25) is 0 Å². The molecule has 1 unspecified atom stereocenters. The smallest absolute Gasteiger partial charge is 0.252 e. The zero-order chi connectivity index (χ0) is 15.4. The van der Waals surface area contributed by atoms with Gasteiger partial charge in [0.05, 0.1) is 6.04 Å². The molecule has 0 aromatic heterocycles. The van der Waals surface area contributed by atoms with Crippen molar-refractivity contribution < 1.29 is 9.18 Å². The molecule has 0 saturated carbocycles. The van der Waals surface area contributed by atoms with Crippen molar-refractivity contribution in [3.8, 4) is 0 Å². The monoisotopic (exact) mass is 285 g/mol. The van der Waals surface area contributed by atoms with Gasteiger partial charge in [-0.1, -0.05) is 44.2 Å². The van der Waals surface area contributed by atoms with Gasteiger partial charge in [-0.25, -0.2) is 4.39 Å². The zero-order valence-electron chi connectivity index (χ0n) is 12.6. The Morgan fingerprint density at radius 3 is 2.24 bits per heavy atom. The van der Waals surface area contributed by atoms with Crippen LogP contribution in [0, 0.1) is 18.7 Å². The third-order valence-corrected chi connectivity index (χ3v) is 3.57. The highest BCUT2D eigenvalue weighted by Crippen LogP contribution is 2.23. The summed E-state index contributed by atoms with van der Waals surface area (Å²) in [6, 6.07) is 13.6. The minimum Gasteiger partial charge on any atom is -0.345 e. The minimum absolute atomic E-state index is 0.101. The van der Waals surface area contributed by atoms with Crippen molar-refractivity contribution in [2.24, 2.45) is 5.92 Å². The largest absolute Gasteiger partial charge is 0.345 e. The number of nitrogens with one attached hydrogen (secondary N) is 1. The topological polar surface area (TPSA) is 29.1 Å². The maximum absolute atomic E-state index is 13.0. The van der Waals surface area contributed by atoms with E-state index in [2.05, 4.69) is 5.32 Å². The van der Waals surface area contributed by atoms with Crippen molar-refractivity contribution in [1.82, 2.24) is 5.32 Å². The van der Waals surface area contributed by atoms with Crippen molar-refractivity contribution in [2.75, 3.05) is 0 Å². The summed E-state index contributed by atoms with van der Waals surface area (Å²) >= 11 is 0. The molecule has 0 spiro atoms. The Balaban J connectivity index is 2.23. The minimum atomic E-state index is -0.272. The van der Waals surface area contributed by atoms with Crippen LogP contribution in [0.4, 0.5) is 4.39 Å². The van der Waals surface area contributed by atoms with Gasteiger partial charge in [0, 0.05) is 5.56 Å². The molecule has 3 heteroatoms. The van der Waals surface area contributed by atoms with Crippen LogP contribution in [0.1, 0.15) is 41.4 Å². The number of benzene rings is 2. The normalized spacial score (nSPS) is 12.2. The van der Waals surface area contributed by atoms with E-state index in [0.717, 1.165) is 11.1 Å². The quantitative estimate of drug-likeness (QED) is 0.893. The van der Waals surface area contributed by atoms with Gasteiger partial charge in [0.15, 0.2) is 0 Å². The van der Waals surface area contributed by atoms with Gasteiger partial charge >= 0.3 is 0 Å². The van der Waals surface area contributed by atoms with Gasteiger partial charge in [0.2, 0.25) is 0 Å². The Kier molecular flexibility index (Phi) is 4.73. The lowest BCUT2D eigenvalue weighted by Crippen LogP contribution is -2.32. The highest BCUT2D eigenvalue weighted by molar-refractivity contribution is 5.95. The fraction of sp³-hybridized carbons (Fsp3) is 0.278. The van der Waals surface area contributed by atoms with Crippen molar-refractivity contribution >= 4 is 5.91 Å². The maximum atomic E-state index is 13.0. The average Bonchev–Trinajstić information content (AvgIpc) is 2.46. The van der Waals surface area contributed by atoms with Gasteiger partial charge in [-0.05, 0) is 42.2 Å². The van der Waals surface area contributed by atoms with E-state index in [1.165, 1.54) is 12.1 Å². The Hall–Kier alpha value is -2.16. The number of carbonyl (C=O) groups is 1. The maximum Gasteiger partial charge on any atom is 0.252 e. The third-order valence-electron chi connectivity index (χ3n) is 3.57. The molecule has 2 aromatic rings. The van der Waals surface area contributed by atoms with Crippen molar-refractivity contribution in [1.29, 1.82) is 0 Å². The molecular formula is C18H20FNO. The van der Waals surface area contributed by atoms with Crippen LogP contribution in [0.25, 0.3) is 0 Å². The molecule has 0 aliphatic heterocycles. The van der Waals surface area contributed by atoms with E-state index in [-0.39, 0.29) is 23.7 Å². The average molecular weight is 285 g/mol. The number of amides is 1. The van der Waals surface area contributed by atoms with Gasteiger partial charge in [-0.15, -0.1) is 0 Å². The molecule has 21 heavy (non-hydrogen) atoms. The van der Waals surface area contributed by atoms with Gasteiger partial charge < -0.3 is 5.32 Å². The Bertz CT molecular complexity index is 619. The number of hydrogen-bond acceptors (Lipinski definition) is 1. The molecule has 0 aliphatic carbocycles. The molecule has 2 nitrogen and oxygen atoms in total. The van der Waals surface area contributed by atoms with E-state index in [9.17, 15) is 9.18 Å². The molecule has 1 amide bonds. The van der Waals surface area contributed by atoms with Crippen LogP contribution in [-0.2, 0) is 0 Å². The molecule has 0 saturated heterocycles. The summed E-state index contributed by atoms with van der Waals surface area (Å²) in [4.78, 5) is 12.4. The molecular weight excluding hydrogens is 265 g/mol. The number of rotatable bonds is 4. The van der Waals surface area contributed by atoms with Crippen molar-refractivity contribution in [3.05, 3.63) is 71.0 Å². The SMILES string of the molecule is Cc1ccccc1C(=O)NC(c1ccc(F)cc1)C(C)C. The standard InChI is InChI=1S/C18H20FNO/c1-12(2)17(14-8-10-15(19)11-9-14)20-18(21)16-7-5-4-6-13(16)3/h4-12,17H,1-3H3,(H,20,21). The van der Waals surface area contributed by atoms with Crippen LogP contribution < -0.4 is 5.32 Å². The molecule has 1 atom stereocenters. The predicted octanol–water partition coefficient (Wildman–Crippen LogP) is 4.26. The van der Waals surface area contributed by atoms with E-state index in [0.29, 0.717) is 5.56 Å². The molecule has 0 bridgehead atoms. The van der Waals surface area contributed by atoms with E-state index in [4.69, 9.17) is 0 Å². The summed E-state index contributed by atoms with van der Waals surface area (Å²) in [5.74, 6) is -0.161. The highest BCUT2D eigenvalue weighted by Gasteiger charge is 2.19. The molecule has 2 rings (SSSR count). The van der Waals surface area contributed by atoms with E-state index < -0.39 is 0 Å². The molecule has 0 radical (unpaired) electrons. The Labute approximate surface area is 125 Å². The molecule has 110 valence electrons. The van der Waals surface area contributed by atoms with Crippen LogP contribution in [0.3, 0.4) is 0 Å². The summed E-state index contributed by atoms with van der Waals surface area (Å²) in [5, 5.41) is 3.05. The van der Waals surface area contributed by atoms with E-state index >= 15 is 0 Å². The lowest BCUT2D eigenvalue weighted by Gasteiger charge is -2.23. The molecule has 2 aromatic carbocycles. The number of aryl methyl sites for hydroxylation is 1. The van der Waals surface area contributed by atoms with Crippen LogP contribution in [0.5, 0.6) is 0 Å². The second-order valence-corrected chi connectivity index (χ2v) is 5.56. The lowest BCUT2D eigenvalue weighted by atomic mass is 9.95. The lowest BCUT2D eigenvalue weighted by molar-refractivity contribution is 0.0925. The van der Waals surface area contributed by atoms with Gasteiger partial charge in [0.1, 0.15) is 5.82 Å². The fourth-order valence-electron chi connectivity index (χ4n) is 2.35. The second kappa shape index (κ2) is 6.53. The van der Waals surface area contributed by atoms with Crippen LogP contribution >= 0.6 is 0 Å². The first-order valence-electron chi connectivity index (χ1n) is 7.11. The Morgan fingerprint density at radius 2 is 1.67 bits per heavy atom. The predicted molar refractivity (Wildman–Crippen MR) is 82.6 cm³/mol. The number of hydrogen-bond donors (Lipinski definition) is 1. The van der Waals surface area contributed by atoms with E-state index in [1.807, 2.05) is 45.0 Å². The van der Waals surface area contributed by atoms with Crippen molar-refractivity contribution in [2.45, 2.75) is 26.8 Å². The molecule has 1 N–H and O–H groups in total. The highest BCUT2D eigenvalue weighted by atomic mass is 19.1. The first-order valence-corrected chi connectivity index (χ1v) is 7.11. The van der Waals surface area contributed by atoms with Gasteiger partial charge in [-0.3, -0.25) is 4.79 Å². The zero-order valence-corrected chi connectivity index (χ0v) is 12.6. The van der Waals surface area contributed by atoms with Crippen molar-refractivity contribution in [3.63, 3.8) is 0 Å². The summed E-state index contributed by atoms with van der Waals surface area (Å²) in [7, 11) is 0. The molecule has 0 heterocycles. The molecule has 0 aliphatic rings. The van der Waals surface area contributed by atoms with Crippen LogP contribution in [0.15, 0.2) is 48.5 Å². The summed E-state index contributed by atoms with van der Waals surface area (Å²) < 4.78 is 13.0. The first kappa shape index (κ1) is 15.2. The van der Waals surface area contributed by atoms with Gasteiger partial charge in [-0.2, -0.15) is 0 Å². The first-order chi connectivity index (χ1) is 9.99. The molecule has 0 fully saturated rings. The van der Waals surface area contributed by atoms with Crippen LogP contribution in [-0.4, -0.2) is 5.91 Å². The van der Waals surface area contributed by atoms with E-state index in [1.54, 1.807) is 12.1 Å². The number of halogens is 1. The number of carbonyl (C=O) groups excluding carboxylic acids is 1. The third kappa shape index (κ3) is 3.69. The summed E-state index contributed by atoms with van der Waals surface area (Å²) in [6.45, 7) is 5.98. The second-order valence-electron chi connectivity index (χ2n) is 5.56. The summed E-state index contributed by atoms with van der Waals surface area (Å²) in [5.41, 5.74) is 2.52.